The van der Waals surface area contributed by atoms with Gasteiger partial charge in [0.25, 0.3) is 0 Å². The van der Waals surface area contributed by atoms with E-state index in [9.17, 15) is 0 Å². The Labute approximate surface area is 74.1 Å². The summed E-state index contributed by atoms with van der Waals surface area (Å²) in [4.78, 5) is 0. The number of aromatic hydroxyl groups is 1. The molecule has 0 atom stereocenters. The van der Waals surface area contributed by atoms with Crippen LogP contribution in [0.4, 0.5) is 0 Å². The Morgan fingerprint density at radius 1 is 1.17 bits per heavy atom. The number of benzene rings is 1. The van der Waals surface area contributed by atoms with E-state index >= 15 is 0 Å². The molecule has 0 aliphatic heterocycles. The summed E-state index contributed by atoms with van der Waals surface area (Å²) in [7, 11) is 0. The second-order valence-corrected chi connectivity index (χ2v) is 3.52. The summed E-state index contributed by atoms with van der Waals surface area (Å²) >= 11 is 0. The third-order valence-electron chi connectivity index (χ3n) is 1.90. The van der Waals surface area contributed by atoms with E-state index in [1.165, 1.54) is 18.4 Å². The lowest BCUT2D eigenvalue weighted by molar-refractivity contribution is 0.475. The summed E-state index contributed by atoms with van der Waals surface area (Å²) in [5, 5.41) is 8.76. The maximum atomic E-state index is 8.76. The first-order chi connectivity index (χ1) is 5.68. The van der Waals surface area contributed by atoms with E-state index in [0.29, 0.717) is 5.75 Å². The van der Waals surface area contributed by atoms with Gasteiger partial charge in [-0.15, -0.1) is 0 Å². The van der Waals surface area contributed by atoms with Gasteiger partial charge in [0.2, 0.25) is 0 Å². The van der Waals surface area contributed by atoms with Gasteiger partial charge in [0.15, 0.2) is 0 Å². The van der Waals surface area contributed by atoms with E-state index in [1.54, 1.807) is 12.1 Å². The van der Waals surface area contributed by atoms with Gasteiger partial charge >= 0.3 is 0 Å². The highest BCUT2D eigenvalue weighted by Crippen LogP contribution is 2.26. The fourth-order valence-electron chi connectivity index (χ4n) is 0.711. The van der Waals surface area contributed by atoms with Crippen LogP contribution >= 0.6 is 0 Å². The second kappa shape index (κ2) is 4.15. The van der Waals surface area contributed by atoms with Crippen molar-refractivity contribution >= 4 is 0 Å². The molecule has 1 saturated carbocycles. The zero-order valence-electron chi connectivity index (χ0n) is 7.75. The van der Waals surface area contributed by atoms with Gasteiger partial charge in [-0.3, -0.25) is 0 Å². The Kier molecular flexibility index (Phi) is 3.15. The van der Waals surface area contributed by atoms with Gasteiger partial charge in [-0.25, -0.2) is 0 Å². The quantitative estimate of drug-likeness (QED) is 0.624. The monoisotopic (exact) mass is 164 g/mol. The molecule has 1 aromatic carbocycles. The van der Waals surface area contributed by atoms with Gasteiger partial charge in [0.05, 0.1) is 0 Å². The van der Waals surface area contributed by atoms with Crippen LogP contribution in [0.25, 0.3) is 0 Å². The van der Waals surface area contributed by atoms with Crippen LogP contribution in [0, 0.1) is 12.8 Å². The molecule has 2 rings (SSSR count). The van der Waals surface area contributed by atoms with Crippen LogP contribution in [0.3, 0.4) is 0 Å². The highest BCUT2D eigenvalue weighted by atomic mass is 16.3. The summed E-state index contributed by atoms with van der Waals surface area (Å²) in [6, 6.07) is 7.09. The predicted molar refractivity (Wildman–Crippen MR) is 51.2 cm³/mol. The van der Waals surface area contributed by atoms with Crippen LogP contribution in [0.2, 0.25) is 0 Å². The summed E-state index contributed by atoms with van der Waals surface area (Å²) in [5.41, 5.74) is 1.17. The molecule has 1 fully saturated rings. The molecule has 0 heterocycles. The number of rotatable bonds is 0. The molecule has 1 aromatic rings. The average molecular weight is 164 g/mol. The summed E-state index contributed by atoms with van der Waals surface area (Å²) in [6.45, 7) is 4.26. The third kappa shape index (κ3) is 4.02. The van der Waals surface area contributed by atoms with Gasteiger partial charge in [0.1, 0.15) is 5.75 Å². The molecule has 1 nitrogen and oxygen atoms in total. The smallest absolute Gasteiger partial charge is 0.115 e. The maximum Gasteiger partial charge on any atom is 0.115 e. The Hall–Kier alpha value is -0.980. The van der Waals surface area contributed by atoms with Gasteiger partial charge < -0.3 is 5.11 Å². The maximum absolute atomic E-state index is 8.76. The Bertz CT molecular complexity index is 200. The van der Waals surface area contributed by atoms with Gasteiger partial charge in [-0.05, 0) is 25.0 Å². The molecule has 66 valence electrons. The molecular weight excluding hydrogens is 148 g/mol. The molecule has 0 radical (unpaired) electrons. The molecule has 0 unspecified atom stereocenters. The van der Waals surface area contributed by atoms with Crippen molar-refractivity contribution in [1.29, 1.82) is 0 Å². The molecule has 12 heavy (non-hydrogen) atoms. The van der Waals surface area contributed by atoms with Gasteiger partial charge in [-0.1, -0.05) is 37.5 Å². The van der Waals surface area contributed by atoms with E-state index in [0.717, 1.165) is 5.92 Å². The van der Waals surface area contributed by atoms with Crippen molar-refractivity contribution in [2.45, 2.75) is 26.7 Å². The topological polar surface area (TPSA) is 20.2 Å². The molecule has 1 heteroatoms. The normalized spacial score (nSPS) is 14.8. The standard InChI is InChI=1S/C7H8O.C4H8/c1-6-2-4-7(8)5-3-6;1-4-2-3-4/h2-5,8H,1H3;4H,2-3H2,1H3. The minimum absolute atomic E-state index is 0.329. The lowest BCUT2D eigenvalue weighted by atomic mass is 10.2. The molecule has 0 amide bonds. The minimum Gasteiger partial charge on any atom is -0.508 e. The highest BCUT2D eigenvalue weighted by molar-refractivity contribution is 5.24. The van der Waals surface area contributed by atoms with Crippen LogP contribution in [0.15, 0.2) is 24.3 Å². The third-order valence-corrected chi connectivity index (χ3v) is 1.90. The Morgan fingerprint density at radius 2 is 1.58 bits per heavy atom. The van der Waals surface area contributed by atoms with Crippen LogP contribution in [-0.4, -0.2) is 5.11 Å². The van der Waals surface area contributed by atoms with Crippen molar-refractivity contribution in [3.8, 4) is 5.75 Å². The summed E-state index contributed by atoms with van der Waals surface area (Å²) in [5.74, 6) is 1.41. The van der Waals surface area contributed by atoms with Gasteiger partial charge in [-0.2, -0.15) is 0 Å². The Balaban J connectivity index is 0.000000150. The van der Waals surface area contributed by atoms with Crippen molar-refractivity contribution in [3.63, 3.8) is 0 Å². The molecule has 1 aliphatic rings. The number of phenolic OH excluding ortho intramolecular Hbond substituents is 1. The van der Waals surface area contributed by atoms with E-state index in [2.05, 4.69) is 6.92 Å². The number of aryl methyl sites for hydroxylation is 1. The number of phenols is 1. The molecular formula is C11H16O. The molecule has 0 aromatic heterocycles. The van der Waals surface area contributed by atoms with Gasteiger partial charge in [0, 0.05) is 0 Å². The first-order valence-corrected chi connectivity index (χ1v) is 4.44. The fraction of sp³-hybridized carbons (Fsp3) is 0.455. The van der Waals surface area contributed by atoms with Crippen LogP contribution in [0.1, 0.15) is 25.3 Å². The van der Waals surface area contributed by atoms with Crippen molar-refractivity contribution in [2.24, 2.45) is 5.92 Å². The number of hydrogen-bond acceptors (Lipinski definition) is 1. The van der Waals surface area contributed by atoms with E-state index in [-0.39, 0.29) is 0 Å². The SMILES string of the molecule is CC1CC1.Cc1ccc(O)cc1. The van der Waals surface area contributed by atoms with Crippen LogP contribution < -0.4 is 0 Å². The predicted octanol–water partition coefficient (Wildman–Crippen LogP) is 3.12. The van der Waals surface area contributed by atoms with Crippen molar-refractivity contribution in [2.75, 3.05) is 0 Å². The molecule has 0 spiro atoms. The first-order valence-electron chi connectivity index (χ1n) is 4.44. The first kappa shape index (κ1) is 9.11. The van der Waals surface area contributed by atoms with E-state index in [1.807, 2.05) is 19.1 Å². The van der Waals surface area contributed by atoms with E-state index < -0.39 is 0 Å². The zero-order valence-corrected chi connectivity index (χ0v) is 7.75. The van der Waals surface area contributed by atoms with Crippen molar-refractivity contribution in [1.82, 2.24) is 0 Å². The average Bonchev–Trinajstić information content (AvgIpc) is 2.80. The molecule has 0 bridgehead atoms. The largest absolute Gasteiger partial charge is 0.508 e. The fourth-order valence-corrected chi connectivity index (χ4v) is 0.711. The lowest BCUT2D eigenvalue weighted by Gasteiger charge is -1.89. The molecule has 1 N–H and O–H groups in total. The molecule has 1 aliphatic carbocycles. The summed E-state index contributed by atoms with van der Waals surface area (Å²) in [6.07, 6.45) is 2.97. The summed E-state index contributed by atoms with van der Waals surface area (Å²) < 4.78 is 0. The second-order valence-electron chi connectivity index (χ2n) is 3.52. The minimum atomic E-state index is 0.329. The van der Waals surface area contributed by atoms with Crippen molar-refractivity contribution in [3.05, 3.63) is 29.8 Å². The number of hydrogen-bond donors (Lipinski definition) is 1. The van der Waals surface area contributed by atoms with Crippen LogP contribution in [0.5, 0.6) is 5.75 Å². The zero-order chi connectivity index (χ0) is 8.97. The Morgan fingerprint density at radius 3 is 1.83 bits per heavy atom. The lowest BCUT2D eigenvalue weighted by Crippen LogP contribution is -1.66. The molecule has 0 saturated heterocycles. The van der Waals surface area contributed by atoms with E-state index in [4.69, 9.17) is 5.11 Å². The van der Waals surface area contributed by atoms with Crippen molar-refractivity contribution < 1.29 is 5.11 Å². The van der Waals surface area contributed by atoms with Crippen LogP contribution in [-0.2, 0) is 0 Å². The highest BCUT2D eigenvalue weighted by Gasteiger charge is 2.12.